The molecule has 1 atom stereocenters. The minimum atomic E-state index is -4.71. The third kappa shape index (κ3) is 4.07. The molecule has 9 heteroatoms. The summed E-state index contributed by atoms with van der Waals surface area (Å²) in [7, 11) is 0.656. The highest BCUT2D eigenvalue weighted by Crippen LogP contribution is 2.27. The molecule has 2 rings (SSSR count). The van der Waals surface area contributed by atoms with E-state index in [0.717, 1.165) is 5.52 Å². The van der Waals surface area contributed by atoms with Gasteiger partial charge in [-0.1, -0.05) is 11.3 Å². The molecule has 0 aliphatic heterocycles. The van der Waals surface area contributed by atoms with Crippen molar-refractivity contribution in [3.63, 3.8) is 0 Å². The van der Waals surface area contributed by atoms with Gasteiger partial charge in [-0.3, -0.25) is 9.20 Å². The quantitative estimate of drug-likeness (QED) is 0.860. The van der Waals surface area contributed by atoms with Gasteiger partial charge in [0.25, 0.3) is 0 Å². The molecule has 0 N–H and O–H groups in total. The lowest BCUT2D eigenvalue weighted by molar-refractivity contribution is -0.274. The van der Waals surface area contributed by atoms with Gasteiger partial charge >= 0.3 is 6.36 Å². The Hall–Kier alpha value is -1.35. The van der Waals surface area contributed by atoms with Crippen molar-refractivity contribution in [2.75, 3.05) is 19.1 Å². The van der Waals surface area contributed by atoms with Crippen molar-refractivity contribution >= 4 is 32.4 Å². The molecule has 0 fully saturated rings. The van der Waals surface area contributed by atoms with E-state index in [1.807, 2.05) is 4.57 Å². The second kappa shape index (κ2) is 6.18. The highest BCUT2D eigenvalue weighted by molar-refractivity contribution is 7.84. The molecule has 0 spiro atoms. The van der Waals surface area contributed by atoms with Crippen LogP contribution in [0, 0.1) is 0 Å². The van der Waals surface area contributed by atoms with Crippen LogP contribution in [0.25, 0.3) is 10.2 Å². The molecule has 0 saturated heterocycles. The summed E-state index contributed by atoms with van der Waals surface area (Å²) in [6.07, 6.45) is -3.11. The fourth-order valence-electron chi connectivity index (χ4n) is 1.86. The topological polar surface area (TPSA) is 43.6 Å². The number of hydrogen-bond acceptors (Lipinski definition) is 4. The van der Waals surface area contributed by atoms with Crippen molar-refractivity contribution in [1.82, 2.24) is 4.57 Å². The Morgan fingerprint density at radius 1 is 1.43 bits per heavy atom. The van der Waals surface area contributed by atoms with Crippen LogP contribution in [0.5, 0.6) is 5.75 Å². The molecule has 4 nitrogen and oxygen atoms in total. The van der Waals surface area contributed by atoms with Gasteiger partial charge in [-0.15, -0.1) is 13.2 Å². The Kier molecular flexibility index (Phi) is 4.72. The van der Waals surface area contributed by atoms with E-state index in [1.165, 1.54) is 23.5 Å². The lowest BCUT2D eigenvalue weighted by Gasteiger charge is -2.09. The second-order valence-corrected chi connectivity index (χ2v) is 6.78. The van der Waals surface area contributed by atoms with Crippen LogP contribution in [0.3, 0.4) is 0 Å². The zero-order valence-corrected chi connectivity index (χ0v) is 12.9. The molecule has 0 aliphatic carbocycles. The number of benzene rings is 1. The van der Waals surface area contributed by atoms with E-state index in [-0.39, 0.29) is 5.75 Å². The molecule has 0 saturated carbocycles. The Morgan fingerprint density at radius 2 is 2.14 bits per heavy atom. The Morgan fingerprint density at radius 3 is 2.71 bits per heavy atom. The summed E-state index contributed by atoms with van der Waals surface area (Å²) in [4.78, 5) is 4.78. The minimum Gasteiger partial charge on any atom is -0.406 e. The van der Waals surface area contributed by atoms with Crippen LogP contribution in [0.4, 0.5) is 13.2 Å². The number of halogens is 3. The summed E-state index contributed by atoms with van der Waals surface area (Å²) in [6.45, 7) is 0.495. The van der Waals surface area contributed by atoms with E-state index >= 15 is 0 Å². The van der Waals surface area contributed by atoms with Crippen LogP contribution < -0.4 is 9.54 Å². The molecule has 116 valence electrons. The lowest BCUT2D eigenvalue weighted by atomic mass is 10.3. The third-order valence-corrected chi connectivity index (χ3v) is 4.57. The molecule has 0 amide bonds. The van der Waals surface area contributed by atoms with Crippen molar-refractivity contribution in [2.24, 2.45) is 4.99 Å². The summed E-state index contributed by atoms with van der Waals surface area (Å²) in [5, 5.41) is 0. The lowest BCUT2D eigenvalue weighted by Crippen LogP contribution is -2.18. The number of alkyl halides is 3. The highest BCUT2D eigenvalue weighted by atomic mass is 32.2. The Balaban J connectivity index is 2.44. The predicted octanol–water partition coefficient (Wildman–Crippen LogP) is 2.51. The molecule has 1 unspecified atom stereocenters. The summed E-state index contributed by atoms with van der Waals surface area (Å²) in [5.74, 6) is 0.199. The zero-order chi connectivity index (χ0) is 15.6. The van der Waals surface area contributed by atoms with Gasteiger partial charge in [0.1, 0.15) is 5.75 Å². The number of ether oxygens (including phenoxy) is 1. The minimum absolute atomic E-state index is 0.259. The van der Waals surface area contributed by atoms with E-state index in [9.17, 15) is 17.4 Å². The maximum absolute atomic E-state index is 12.2. The van der Waals surface area contributed by atoms with E-state index in [2.05, 4.69) is 9.73 Å². The normalized spacial score (nSPS) is 14.6. The van der Waals surface area contributed by atoms with Gasteiger partial charge in [0.15, 0.2) is 4.80 Å². The SMILES string of the molecule is CN=c1sc2cc(OC(F)(F)F)ccc2n1CCS(C)=O. The standard InChI is InChI=1S/C12H13F3N2O2S2/c1-16-11-17(5-6-21(2)18)9-4-3-8(7-10(9)20-11)19-12(13,14)15/h3-4,7H,5-6H2,1-2H3. The van der Waals surface area contributed by atoms with Crippen molar-refractivity contribution in [1.29, 1.82) is 0 Å². The van der Waals surface area contributed by atoms with E-state index < -0.39 is 17.2 Å². The van der Waals surface area contributed by atoms with Gasteiger partial charge in [-0.25, -0.2) is 0 Å². The van der Waals surface area contributed by atoms with E-state index in [0.29, 0.717) is 21.8 Å². The Bertz CT molecular complexity index is 734. The second-order valence-electron chi connectivity index (χ2n) is 4.21. The number of hydrogen-bond donors (Lipinski definition) is 0. The first-order valence-corrected chi connectivity index (χ1v) is 8.46. The third-order valence-electron chi connectivity index (χ3n) is 2.68. The number of thiazole rings is 1. The van der Waals surface area contributed by atoms with Gasteiger partial charge in [-0.2, -0.15) is 0 Å². The molecule has 0 bridgehead atoms. The first-order chi connectivity index (χ1) is 9.80. The van der Waals surface area contributed by atoms with Crippen molar-refractivity contribution < 1.29 is 22.1 Å². The number of aromatic nitrogens is 1. The van der Waals surface area contributed by atoms with Gasteiger partial charge in [0, 0.05) is 36.4 Å². The molecule has 1 heterocycles. The van der Waals surface area contributed by atoms with Crippen LogP contribution in [-0.2, 0) is 17.3 Å². The maximum Gasteiger partial charge on any atom is 0.573 e. The fraction of sp³-hybridized carbons (Fsp3) is 0.417. The van der Waals surface area contributed by atoms with Gasteiger partial charge in [0.05, 0.1) is 10.2 Å². The van der Waals surface area contributed by atoms with Crippen LogP contribution >= 0.6 is 11.3 Å². The van der Waals surface area contributed by atoms with Crippen molar-refractivity contribution in [2.45, 2.75) is 12.9 Å². The molecule has 1 aromatic carbocycles. The van der Waals surface area contributed by atoms with Crippen molar-refractivity contribution in [3.8, 4) is 5.75 Å². The smallest absolute Gasteiger partial charge is 0.406 e. The summed E-state index contributed by atoms with van der Waals surface area (Å²) in [6, 6.07) is 4.16. The zero-order valence-electron chi connectivity index (χ0n) is 11.3. The Labute approximate surface area is 125 Å². The summed E-state index contributed by atoms with van der Waals surface area (Å²) in [5.41, 5.74) is 0.751. The summed E-state index contributed by atoms with van der Waals surface area (Å²) >= 11 is 1.27. The number of aryl methyl sites for hydroxylation is 1. The molecule has 1 aromatic heterocycles. The van der Waals surface area contributed by atoms with Gasteiger partial charge < -0.3 is 9.30 Å². The summed E-state index contributed by atoms with van der Waals surface area (Å²) < 4.78 is 54.3. The number of rotatable bonds is 4. The molecule has 2 aromatic rings. The average molecular weight is 338 g/mol. The van der Waals surface area contributed by atoms with E-state index in [1.54, 1.807) is 19.4 Å². The van der Waals surface area contributed by atoms with Crippen LogP contribution in [-0.4, -0.2) is 34.2 Å². The fourth-order valence-corrected chi connectivity index (χ4v) is 3.34. The first-order valence-electron chi connectivity index (χ1n) is 5.92. The van der Waals surface area contributed by atoms with Crippen LogP contribution in [0.1, 0.15) is 0 Å². The molecule has 0 radical (unpaired) electrons. The average Bonchev–Trinajstić information content (AvgIpc) is 2.71. The number of nitrogens with zero attached hydrogens (tertiary/aromatic N) is 2. The van der Waals surface area contributed by atoms with Crippen molar-refractivity contribution in [3.05, 3.63) is 23.0 Å². The molecule has 0 aliphatic rings. The highest BCUT2D eigenvalue weighted by Gasteiger charge is 2.31. The number of fused-ring (bicyclic) bond motifs is 1. The van der Waals surface area contributed by atoms with Gasteiger partial charge in [-0.05, 0) is 18.2 Å². The molecule has 21 heavy (non-hydrogen) atoms. The molecular formula is C12H13F3N2O2S2. The van der Waals surface area contributed by atoms with Crippen LogP contribution in [0.2, 0.25) is 0 Å². The predicted molar refractivity (Wildman–Crippen MR) is 76.9 cm³/mol. The van der Waals surface area contributed by atoms with E-state index in [4.69, 9.17) is 0 Å². The molecular weight excluding hydrogens is 325 g/mol. The maximum atomic E-state index is 12.2. The first kappa shape index (κ1) is 16.0. The van der Waals surface area contributed by atoms with Crippen LogP contribution in [0.15, 0.2) is 23.2 Å². The monoisotopic (exact) mass is 338 g/mol. The van der Waals surface area contributed by atoms with Gasteiger partial charge in [0.2, 0.25) is 0 Å². The largest absolute Gasteiger partial charge is 0.573 e.